The molecule has 0 fully saturated rings. The molecule has 0 saturated carbocycles. The second-order valence-corrected chi connectivity index (χ2v) is 19.3. The van der Waals surface area contributed by atoms with Crippen LogP contribution in [0.4, 0.5) is 5.69 Å². The lowest BCUT2D eigenvalue weighted by Gasteiger charge is -2.25. The van der Waals surface area contributed by atoms with E-state index < -0.39 is 75.5 Å². The van der Waals surface area contributed by atoms with Gasteiger partial charge in [-0.1, -0.05) is 72.4 Å². The molecule has 0 spiro atoms. The number of hydrazine groups is 2. The van der Waals surface area contributed by atoms with Gasteiger partial charge in [-0.05, 0) is 59.8 Å². The number of nitrogens with zero attached hydrogens (tertiary/aromatic N) is 1. The number of benzene rings is 3. The lowest BCUT2D eigenvalue weighted by Crippen LogP contribution is -2.55. The molecule has 0 aliphatic carbocycles. The standard InChI is InChI=1S/C23H25Cl3N4O8S4.CH5NO2S/c1-3-4-12-39(31,32)27-20-13-16(2)10-11-21(20)42(37,38)30(28-40(33,34)18-8-6-5-7-9-18)29-41(35,36)22-15-17(24)14-19(25)23(22)26;1-5(2,3)4/h5-11,13-15,27-29H,3-4,12H2,1-2H3;1H3,(H2,2,3,4). The van der Waals surface area contributed by atoms with Crippen molar-refractivity contribution in [3.8, 4) is 0 Å². The van der Waals surface area contributed by atoms with Gasteiger partial charge >= 0.3 is 0 Å². The van der Waals surface area contributed by atoms with Crippen LogP contribution in [-0.2, 0) is 50.1 Å². The Hall–Kier alpha value is -2.08. The number of halogens is 3. The van der Waals surface area contributed by atoms with Crippen molar-refractivity contribution >= 4 is 90.6 Å². The molecule has 3 aromatic carbocycles. The van der Waals surface area contributed by atoms with E-state index in [1.54, 1.807) is 23.5 Å². The summed E-state index contributed by atoms with van der Waals surface area (Å²) in [6.07, 6.45) is 1.74. The Morgan fingerprint density at radius 3 is 1.87 bits per heavy atom. The van der Waals surface area contributed by atoms with Crippen LogP contribution in [0.1, 0.15) is 25.3 Å². The van der Waals surface area contributed by atoms with Crippen LogP contribution in [0.25, 0.3) is 0 Å². The van der Waals surface area contributed by atoms with Crippen molar-refractivity contribution in [1.29, 1.82) is 0 Å². The summed E-state index contributed by atoms with van der Waals surface area (Å²) < 4.78 is 127. The van der Waals surface area contributed by atoms with Gasteiger partial charge in [0.05, 0.1) is 32.6 Å². The highest BCUT2D eigenvalue weighted by molar-refractivity contribution is 7.94. The number of primary sulfonamides is 1. The molecule has 0 amide bonds. The molecule has 0 aromatic heterocycles. The van der Waals surface area contributed by atoms with E-state index in [2.05, 4.69) is 9.86 Å². The number of hydrogen-bond acceptors (Lipinski definition) is 10. The molecule has 0 saturated heterocycles. The second-order valence-electron chi connectivity index (χ2n) is 9.58. The highest BCUT2D eigenvalue weighted by Crippen LogP contribution is 2.33. The number of rotatable bonds is 13. The third kappa shape index (κ3) is 12.4. The zero-order valence-electron chi connectivity index (χ0n) is 24.7. The molecule has 3 rings (SSSR count). The quantitative estimate of drug-likeness (QED) is 0.145. The van der Waals surface area contributed by atoms with Crippen molar-refractivity contribution in [3.05, 3.63) is 81.3 Å². The van der Waals surface area contributed by atoms with Crippen LogP contribution < -0.4 is 19.5 Å². The summed E-state index contributed by atoms with van der Waals surface area (Å²) in [5, 5.41) is 3.33. The van der Waals surface area contributed by atoms with Crippen LogP contribution in [-0.4, -0.2) is 58.6 Å². The average Bonchev–Trinajstić information content (AvgIpc) is 2.92. The molecule has 0 aliphatic heterocycles. The SMILES string of the molecule is CCCCS(=O)(=O)Nc1cc(C)ccc1S(=O)(=O)N(NS(=O)(=O)c1ccccc1)NS(=O)(=O)c1cc(Cl)cc(Cl)c1Cl.CS(N)(=O)=O. The largest absolute Gasteiger partial charge is 0.282 e. The zero-order chi connectivity index (χ0) is 36.0. The monoisotopic (exact) mass is 813 g/mol. The van der Waals surface area contributed by atoms with Gasteiger partial charge in [0.15, 0.2) is 0 Å². The zero-order valence-corrected chi connectivity index (χ0v) is 31.0. The Kier molecular flexibility index (Phi) is 14.1. The maximum Gasteiger partial charge on any atom is 0.273 e. The van der Waals surface area contributed by atoms with Crippen LogP contribution >= 0.6 is 34.8 Å². The molecule has 0 radical (unpaired) electrons. The van der Waals surface area contributed by atoms with Gasteiger partial charge < -0.3 is 0 Å². The third-order valence-corrected chi connectivity index (χ3v) is 12.3. The Bertz CT molecular complexity index is 2150. The molecule has 0 aliphatic rings. The molecule has 47 heavy (non-hydrogen) atoms. The fraction of sp³-hybridized carbons (Fsp3) is 0.250. The van der Waals surface area contributed by atoms with Gasteiger partial charge in [-0.2, -0.15) is 0 Å². The maximum absolute atomic E-state index is 14.0. The molecule has 0 bridgehead atoms. The molecule has 262 valence electrons. The van der Waals surface area contributed by atoms with Gasteiger partial charge in [-0.15, -0.1) is 9.66 Å². The molecule has 0 unspecified atom stereocenters. The number of unbranched alkanes of at least 4 members (excludes halogenated alkanes) is 1. The van der Waals surface area contributed by atoms with Crippen LogP contribution in [0, 0.1) is 6.92 Å². The van der Waals surface area contributed by atoms with Gasteiger partial charge in [0, 0.05) is 5.02 Å². The average molecular weight is 815 g/mol. The third-order valence-electron chi connectivity index (χ3n) is 5.39. The Morgan fingerprint density at radius 2 is 1.32 bits per heavy atom. The van der Waals surface area contributed by atoms with Crippen molar-refractivity contribution < 1.29 is 42.1 Å². The maximum atomic E-state index is 14.0. The molecule has 15 nitrogen and oxygen atoms in total. The van der Waals surface area contributed by atoms with E-state index in [1.165, 1.54) is 30.3 Å². The first kappa shape index (κ1) is 41.1. The number of hydrogen-bond donors (Lipinski definition) is 4. The van der Waals surface area contributed by atoms with Crippen molar-refractivity contribution in [2.45, 2.75) is 41.4 Å². The Labute approximate surface area is 289 Å². The number of nitrogens with two attached hydrogens (primary N) is 1. The molecule has 23 heteroatoms. The molecule has 5 N–H and O–H groups in total. The van der Waals surface area contributed by atoms with E-state index in [0.29, 0.717) is 12.0 Å². The minimum Gasteiger partial charge on any atom is -0.282 e. The molecular weight excluding hydrogens is 785 g/mol. The van der Waals surface area contributed by atoms with E-state index in [4.69, 9.17) is 34.8 Å². The normalized spacial score (nSPS) is 12.8. The van der Waals surface area contributed by atoms with E-state index in [0.717, 1.165) is 36.6 Å². The predicted molar refractivity (Wildman–Crippen MR) is 180 cm³/mol. The van der Waals surface area contributed by atoms with E-state index in [-0.39, 0.29) is 26.7 Å². The van der Waals surface area contributed by atoms with E-state index in [9.17, 15) is 42.1 Å². The summed E-state index contributed by atoms with van der Waals surface area (Å²) in [5.41, 5.74) is -0.00229. The topological polar surface area (TPSA) is 236 Å². The fourth-order valence-electron chi connectivity index (χ4n) is 3.36. The van der Waals surface area contributed by atoms with Gasteiger partial charge in [0.1, 0.15) is 9.79 Å². The van der Waals surface area contributed by atoms with Crippen molar-refractivity contribution in [2.75, 3.05) is 16.7 Å². The summed E-state index contributed by atoms with van der Waals surface area (Å²) in [7, 11) is -22.2. The molecule has 0 atom stereocenters. The highest BCUT2D eigenvalue weighted by Gasteiger charge is 2.37. The number of anilines is 1. The van der Waals surface area contributed by atoms with Crippen molar-refractivity contribution in [1.82, 2.24) is 14.2 Å². The summed E-state index contributed by atoms with van der Waals surface area (Å²) in [5.74, 6) is -0.331. The van der Waals surface area contributed by atoms with Gasteiger partial charge in [0.2, 0.25) is 20.0 Å². The second kappa shape index (κ2) is 16.1. The van der Waals surface area contributed by atoms with Crippen molar-refractivity contribution in [2.24, 2.45) is 5.14 Å². The van der Waals surface area contributed by atoms with Gasteiger partial charge in [-0.3, -0.25) is 4.72 Å². The van der Waals surface area contributed by atoms with Gasteiger partial charge in [-0.25, -0.2) is 47.2 Å². The number of nitrogens with one attached hydrogen (secondary N) is 3. The van der Waals surface area contributed by atoms with Crippen LogP contribution in [0.5, 0.6) is 0 Å². The lowest BCUT2D eigenvalue weighted by atomic mass is 10.2. The lowest BCUT2D eigenvalue weighted by molar-refractivity contribution is 0.344. The molecule has 3 aromatic rings. The van der Waals surface area contributed by atoms with E-state index in [1.807, 2.05) is 0 Å². The first-order valence-electron chi connectivity index (χ1n) is 12.8. The summed E-state index contributed by atoms with van der Waals surface area (Å²) >= 11 is 17.9. The summed E-state index contributed by atoms with van der Waals surface area (Å²) in [4.78, 5) is 1.39. The van der Waals surface area contributed by atoms with Crippen molar-refractivity contribution in [3.63, 3.8) is 0 Å². The van der Waals surface area contributed by atoms with Crippen LogP contribution in [0.15, 0.2) is 75.4 Å². The smallest absolute Gasteiger partial charge is 0.273 e. The number of sulfonamides is 5. The summed E-state index contributed by atoms with van der Waals surface area (Å²) in [6, 6.07) is 12.0. The van der Waals surface area contributed by atoms with Crippen LogP contribution in [0.3, 0.4) is 0 Å². The van der Waals surface area contributed by atoms with Crippen LogP contribution in [0.2, 0.25) is 15.1 Å². The predicted octanol–water partition coefficient (Wildman–Crippen LogP) is 3.18. The van der Waals surface area contributed by atoms with E-state index >= 15 is 0 Å². The fourth-order valence-corrected chi connectivity index (χ4v) is 9.86. The van der Waals surface area contributed by atoms with Gasteiger partial charge in [0.25, 0.3) is 30.1 Å². The Morgan fingerprint density at radius 1 is 0.766 bits per heavy atom. The minimum absolute atomic E-state index is 0.175. The molecule has 0 heterocycles. The highest BCUT2D eigenvalue weighted by atomic mass is 35.5. The minimum atomic E-state index is -5.24. The summed E-state index contributed by atoms with van der Waals surface area (Å²) in [6.45, 7) is 3.32. The molecular formula is C24H30Cl3N5O10S5. The Balaban J connectivity index is 0.00000142. The first-order chi connectivity index (χ1) is 21.4. The first-order valence-corrected chi connectivity index (χ1v) is 21.9. The number of aryl methyl sites for hydroxylation is 1.